The Kier molecular flexibility index (Phi) is 6.50. The molecule has 2 fully saturated rings. The fourth-order valence-electron chi connectivity index (χ4n) is 6.34. The maximum absolute atomic E-state index is 2.51. The Morgan fingerprint density at radius 2 is 0.778 bits per heavy atom. The molecule has 1 heteroatoms. The van der Waals surface area contributed by atoms with Gasteiger partial charge < -0.3 is 0 Å². The molecular formula is C26H36Si. The van der Waals surface area contributed by atoms with Crippen LogP contribution in [0.15, 0.2) is 60.7 Å². The van der Waals surface area contributed by atoms with Crippen molar-refractivity contribution in [1.29, 1.82) is 0 Å². The lowest BCUT2D eigenvalue weighted by atomic mass is 10.2. The Morgan fingerprint density at radius 1 is 0.444 bits per heavy atom. The average Bonchev–Trinajstić information content (AvgIpc) is 3.17. The summed E-state index contributed by atoms with van der Waals surface area (Å²) in [5.74, 6) is 0. The predicted molar refractivity (Wildman–Crippen MR) is 121 cm³/mol. The van der Waals surface area contributed by atoms with Crippen molar-refractivity contribution in [2.75, 3.05) is 0 Å². The van der Waals surface area contributed by atoms with Gasteiger partial charge in [-0.2, -0.15) is 0 Å². The van der Waals surface area contributed by atoms with Crippen LogP contribution >= 0.6 is 0 Å². The van der Waals surface area contributed by atoms with Gasteiger partial charge in [-0.05, 0) is 11.1 Å². The molecule has 2 aromatic carbocycles. The number of benzene rings is 2. The Balaban J connectivity index is 1.89. The van der Waals surface area contributed by atoms with Crippen molar-refractivity contribution in [3.63, 3.8) is 0 Å². The molecule has 2 aliphatic carbocycles. The standard InChI is InChI=1S/C26H36Si/c1-2-8-16-23(15-7-1)27(25-19-11-5-12-20-25,26-21-13-6-14-22-26)24-17-9-3-4-10-18-24/h5-6,11-14,19-24H,1-4,7-10,15-18H2. The van der Waals surface area contributed by atoms with Crippen molar-refractivity contribution in [2.45, 2.75) is 88.1 Å². The summed E-state index contributed by atoms with van der Waals surface area (Å²) in [6.07, 6.45) is 17.5. The Bertz CT molecular complexity index is 600. The van der Waals surface area contributed by atoms with Crippen LogP contribution in [0.4, 0.5) is 0 Å². The Morgan fingerprint density at radius 3 is 1.11 bits per heavy atom. The molecule has 144 valence electrons. The van der Waals surface area contributed by atoms with Crippen molar-refractivity contribution < 1.29 is 0 Å². The second-order valence-corrected chi connectivity index (χ2v) is 13.5. The normalized spacial score (nSPS) is 20.7. The van der Waals surface area contributed by atoms with Crippen LogP contribution in [0.2, 0.25) is 11.1 Å². The SMILES string of the molecule is c1ccc([Si](c2ccccc2)(C2CCCCCC2)C2CCCCCC2)cc1. The van der Waals surface area contributed by atoms with E-state index in [1.807, 2.05) is 0 Å². The first-order valence-electron chi connectivity index (χ1n) is 11.5. The molecule has 0 radical (unpaired) electrons. The van der Waals surface area contributed by atoms with E-state index in [-0.39, 0.29) is 0 Å². The molecule has 0 bridgehead atoms. The van der Waals surface area contributed by atoms with Crippen LogP contribution in [0.3, 0.4) is 0 Å². The summed E-state index contributed by atoms with van der Waals surface area (Å²) in [6.45, 7) is 0. The Labute approximate surface area is 167 Å². The first kappa shape index (κ1) is 19.0. The second-order valence-electron chi connectivity index (χ2n) is 8.98. The van der Waals surface area contributed by atoms with Gasteiger partial charge in [0.25, 0.3) is 0 Å². The van der Waals surface area contributed by atoms with Gasteiger partial charge in [0, 0.05) is 0 Å². The number of rotatable bonds is 4. The van der Waals surface area contributed by atoms with E-state index in [2.05, 4.69) is 60.7 Å². The van der Waals surface area contributed by atoms with Crippen molar-refractivity contribution in [1.82, 2.24) is 0 Å². The monoisotopic (exact) mass is 376 g/mol. The van der Waals surface area contributed by atoms with Crippen molar-refractivity contribution in [3.8, 4) is 0 Å². The van der Waals surface area contributed by atoms with E-state index in [0.29, 0.717) is 0 Å². The van der Waals surface area contributed by atoms with Crippen LogP contribution in [-0.4, -0.2) is 8.07 Å². The lowest BCUT2D eigenvalue weighted by Gasteiger charge is -2.46. The molecule has 0 amide bonds. The third kappa shape index (κ3) is 3.94. The summed E-state index contributed by atoms with van der Waals surface area (Å²) >= 11 is 0. The van der Waals surface area contributed by atoms with E-state index in [4.69, 9.17) is 0 Å². The average molecular weight is 377 g/mol. The summed E-state index contributed by atoms with van der Waals surface area (Å²) in [4.78, 5) is 0. The van der Waals surface area contributed by atoms with E-state index in [9.17, 15) is 0 Å². The van der Waals surface area contributed by atoms with Crippen LogP contribution in [0.1, 0.15) is 77.0 Å². The molecule has 0 N–H and O–H groups in total. The molecule has 0 heterocycles. The van der Waals surface area contributed by atoms with Gasteiger partial charge in [0.05, 0.1) is 0 Å². The van der Waals surface area contributed by atoms with Gasteiger partial charge in [0.15, 0.2) is 0 Å². The first-order chi connectivity index (χ1) is 13.4. The molecule has 0 unspecified atom stereocenters. The van der Waals surface area contributed by atoms with Crippen LogP contribution in [0, 0.1) is 0 Å². The van der Waals surface area contributed by atoms with E-state index in [1.54, 1.807) is 10.4 Å². The second kappa shape index (κ2) is 9.23. The largest absolute Gasteiger partial charge is 0.124 e. The van der Waals surface area contributed by atoms with Gasteiger partial charge in [-0.15, -0.1) is 0 Å². The molecule has 4 rings (SSSR count). The van der Waals surface area contributed by atoms with Crippen LogP contribution in [0.25, 0.3) is 0 Å². The van der Waals surface area contributed by atoms with Gasteiger partial charge in [0.2, 0.25) is 0 Å². The molecule has 0 aromatic heterocycles. The minimum Gasteiger partial charge on any atom is -0.0626 e. The highest BCUT2D eigenvalue weighted by atomic mass is 28.3. The van der Waals surface area contributed by atoms with Crippen molar-refractivity contribution in [2.24, 2.45) is 0 Å². The van der Waals surface area contributed by atoms with Gasteiger partial charge in [0.1, 0.15) is 8.07 Å². The maximum Gasteiger partial charge on any atom is 0.124 e. The quantitative estimate of drug-likeness (QED) is 0.411. The first-order valence-corrected chi connectivity index (χ1v) is 13.7. The third-order valence-electron chi connectivity index (χ3n) is 7.50. The summed E-state index contributed by atoms with van der Waals surface area (Å²) in [5.41, 5.74) is 1.85. The molecule has 2 saturated carbocycles. The van der Waals surface area contributed by atoms with Crippen LogP contribution in [0.5, 0.6) is 0 Å². The summed E-state index contributed by atoms with van der Waals surface area (Å²) in [6, 6.07) is 23.7. The molecule has 0 atom stereocenters. The summed E-state index contributed by atoms with van der Waals surface area (Å²) in [5, 5.41) is 3.46. The smallest absolute Gasteiger partial charge is 0.0626 e. The molecule has 2 aliphatic rings. The third-order valence-corrected chi connectivity index (χ3v) is 13.8. The van der Waals surface area contributed by atoms with E-state index < -0.39 is 8.07 Å². The van der Waals surface area contributed by atoms with Crippen LogP contribution in [-0.2, 0) is 0 Å². The van der Waals surface area contributed by atoms with E-state index in [1.165, 1.54) is 77.0 Å². The Hall–Kier alpha value is -1.34. The zero-order valence-electron chi connectivity index (χ0n) is 16.9. The maximum atomic E-state index is 2.51. The number of hydrogen-bond donors (Lipinski definition) is 0. The molecule has 2 aromatic rings. The van der Waals surface area contributed by atoms with Gasteiger partial charge >= 0.3 is 0 Å². The highest BCUT2D eigenvalue weighted by molar-refractivity contribution is 7.04. The molecular weight excluding hydrogens is 340 g/mol. The highest BCUT2D eigenvalue weighted by Crippen LogP contribution is 2.46. The highest BCUT2D eigenvalue weighted by Gasteiger charge is 2.49. The fourth-order valence-corrected chi connectivity index (χ4v) is 13.4. The zero-order valence-corrected chi connectivity index (χ0v) is 17.9. The predicted octanol–water partition coefficient (Wildman–Crippen LogP) is 6.70. The van der Waals surface area contributed by atoms with E-state index in [0.717, 1.165) is 11.1 Å². The van der Waals surface area contributed by atoms with Gasteiger partial charge in [-0.25, -0.2) is 0 Å². The molecule has 0 aliphatic heterocycles. The molecule has 0 spiro atoms. The zero-order chi connectivity index (χ0) is 18.4. The van der Waals surface area contributed by atoms with E-state index >= 15 is 0 Å². The molecule has 0 nitrogen and oxygen atoms in total. The minimum absolute atomic E-state index is 0.924. The summed E-state index contributed by atoms with van der Waals surface area (Å²) in [7, 11) is -1.81. The lowest BCUT2D eigenvalue weighted by Crippen LogP contribution is -2.64. The minimum atomic E-state index is -1.81. The van der Waals surface area contributed by atoms with Crippen LogP contribution < -0.4 is 10.4 Å². The van der Waals surface area contributed by atoms with Gasteiger partial charge in [-0.3, -0.25) is 0 Å². The fraction of sp³-hybridized carbons (Fsp3) is 0.538. The molecule has 27 heavy (non-hydrogen) atoms. The van der Waals surface area contributed by atoms with Crippen molar-refractivity contribution >= 4 is 18.4 Å². The van der Waals surface area contributed by atoms with Crippen molar-refractivity contribution in [3.05, 3.63) is 60.7 Å². The number of hydrogen-bond acceptors (Lipinski definition) is 0. The molecule has 0 saturated heterocycles. The van der Waals surface area contributed by atoms with Gasteiger partial charge in [-0.1, -0.05) is 148 Å². The summed E-state index contributed by atoms with van der Waals surface area (Å²) < 4.78 is 0. The topological polar surface area (TPSA) is 0 Å². The lowest BCUT2D eigenvalue weighted by molar-refractivity contribution is 0.621.